The number of nitrogens with one attached hydrogen (secondary N) is 2. The van der Waals surface area contributed by atoms with Gasteiger partial charge in [-0.3, -0.25) is 14.8 Å². The maximum absolute atomic E-state index is 10.6. The molecule has 4 rings (SSSR count). The van der Waals surface area contributed by atoms with Crippen molar-refractivity contribution in [3.8, 4) is 0 Å². The van der Waals surface area contributed by atoms with Crippen molar-refractivity contribution in [2.45, 2.75) is 18.6 Å². The van der Waals surface area contributed by atoms with Gasteiger partial charge in [0.25, 0.3) is 0 Å². The highest BCUT2D eigenvalue weighted by molar-refractivity contribution is 7.10. The molecule has 3 aliphatic heterocycles. The van der Waals surface area contributed by atoms with Gasteiger partial charge in [0.1, 0.15) is 5.60 Å². The first-order chi connectivity index (χ1) is 11.1. The SMILES string of the molecule is CN=C(NCC1CN2CCN1CC2)NCC(C)(O)c1cccs1. The Kier molecular flexibility index (Phi) is 5.21. The van der Waals surface area contributed by atoms with Crippen molar-refractivity contribution < 1.29 is 5.11 Å². The molecule has 2 atom stereocenters. The third-order valence-electron chi connectivity index (χ3n) is 4.77. The molecule has 0 saturated carbocycles. The summed E-state index contributed by atoms with van der Waals surface area (Å²) in [7, 11) is 1.77. The lowest BCUT2D eigenvalue weighted by Gasteiger charge is -2.47. The van der Waals surface area contributed by atoms with Crippen molar-refractivity contribution in [3.63, 3.8) is 0 Å². The molecule has 23 heavy (non-hydrogen) atoms. The molecule has 3 saturated heterocycles. The van der Waals surface area contributed by atoms with Gasteiger partial charge in [0.15, 0.2) is 5.96 Å². The number of fused-ring (bicyclic) bond motifs is 3. The minimum atomic E-state index is -0.884. The van der Waals surface area contributed by atoms with Crippen molar-refractivity contribution in [1.82, 2.24) is 20.4 Å². The fraction of sp³-hybridized carbons (Fsp3) is 0.688. The molecule has 3 fully saturated rings. The van der Waals surface area contributed by atoms with E-state index in [1.54, 1.807) is 18.4 Å². The van der Waals surface area contributed by atoms with Crippen molar-refractivity contribution in [1.29, 1.82) is 0 Å². The summed E-state index contributed by atoms with van der Waals surface area (Å²) >= 11 is 1.57. The van der Waals surface area contributed by atoms with E-state index >= 15 is 0 Å². The number of hydrogen-bond acceptors (Lipinski definition) is 5. The van der Waals surface area contributed by atoms with Crippen LogP contribution in [0.5, 0.6) is 0 Å². The van der Waals surface area contributed by atoms with Gasteiger partial charge in [-0.2, -0.15) is 0 Å². The van der Waals surface area contributed by atoms with Gasteiger partial charge in [0.2, 0.25) is 0 Å². The summed E-state index contributed by atoms with van der Waals surface area (Å²) in [5.74, 6) is 0.750. The van der Waals surface area contributed by atoms with Crippen molar-refractivity contribution in [2.24, 2.45) is 4.99 Å². The van der Waals surface area contributed by atoms with E-state index < -0.39 is 5.60 Å². The number of hydrogen-bond donors (Lipinski definition) is 3. The van der Waals surface area contributed by atoms with Crippen LogP contribution in [0.1, 0.15) is 11.8 Å². The van der Waals surface area contributed by atoms with E-state index in [-0.39, 0.29) is 0 Å². The van der Waals surface area contributed by atoms with Crippen LogP contribution in [0.25, 0.3) is 0 Å². The number of piperazine rings is 3. The Morgan fingerprint density at radius 2 is 2.17 bits per heavy atom. The average molecular weight is 337 g/mol. The minimum Gasteiger partial charge on any atom is -0.383 e. The van der Waals surface area contributed by atoms with E-state index in [4.69, 9.17) is 0 Å². The van der Waals surface area contributed by atoms with Crippen molar-refractivity contribution >= 4 is 17.3 Å². The summed E-state index contributed by atoms with van der Waals surface area (Å²) in [5.41, 5.74) is -0.884. The Morgan fingerprint density at radius 1 is 1.39 bits per heavy atom. The molecule has 1 aromatic rings. The molecule has 3 N–H and O–H groups in total. The molecule has 0 spiro atoms. The Morgan fingerprint density at radius 3 is 2.74 bits per heavy atom. The van der Waals surface area contributed by atoms with E-state index in [0.717, 1.165) is 23.9 Å². The zero-order chi connectivity index (χ0) is 16.3. The van der Waals surface area contributed by atoms with E-state index in [1.807, 2.05) is 24.4 Å². The number of rotatable bonds is 5. The first-order valence-corrected chi connectivity index (χ1v) is 9.14. The maximum atomic E-state index is 10.6. The van der Waals surface area contributed by atoms with Crippen LogP contribution in [-0.2, 0) is 5.60 Å². The number of aliphatic hydroxyl groups is 1. The van der Waals surface area contributed by atoms with Gasteiger partial charge in [0, 0.05) is 57.2 Å². The summed E-state index contributed by atoms with van der Waals surface area (Å²) in [5, 5.41) is 19.2. The second-order valence-corrected chi connectivity index (χ2v) is 7.50. The molecule has 0 radical (unpaired) electrons. The predicted octanol–water partition coefficient (Wildman–Crippen LogP) is 0.120. The van der Waals surface area contributed by atoms with E-state index in [0.29, 0.717) is 12.6 Å². The summed E-state index contributed by atoms with van der Waals surface area (Å²) < 4.78 is 0. The average Bonchev–Trinajstić information content (AvgIpc) is 3.11. The molecule has 0 amide bonds. The third-order valence-corrected chi connectivity index (χ3v) is 5.90. The van der Waals surface area contributed by atoms with Gasteiger partial charge >= 0.3 is 0 Å². The van der Waals surface area contributed by atoms with Crippen LogP contribution < -0.4 is 10.6 Å². The molecule has 2 bridgehead atoms. The standard InChI is InChI=1S/C16H27N5OS/c1-16(22,14-4-3-9-23-14)12-19-15(17-2)18-10-13-11-20-5-7-21(13)8-6-20/h3-4,9,13,22H,5-8,10-12H2,1-2H3,(H2,17,18,19). The van der Waals surface area contributed by atoms with Gasteiger partial charge in [0.05, 0.1) is 6.54 Å². The van der Waals surface area contributed by atoms with Crippen LogP contribution in [0.15, 0.2) is 22.5 Å². The fourth-order valence-electron chi connectivity index (χ4n) is 3.28. The lowest BCUT2D eigenvalue weighted by molar-refractivity contribution is 0.0153. The molecule has 4 heterocycles. The second kappa shape index (κ2) is 7.17. The second-order valence-electron chi connectivity index (χ2n) is 6.55. The molecule has 7 heteroatoms. The zero-order valence-electron chi connectivity index (χ0n) is 14.0. The Bertz CT molecular complexity index is 523. The molecule has 1 aromatic heterocycles. The topological polar surface area (TPSA) is 63.1 Å². The van der Waals surface area contributed by atoms with Crippen LogP contribution in [0.2, 0.25) is 0 Å². The van der Waals surface area contributed by atoms with Crippen LogP contribution in [-0.4, -0.2) is 79.8 Å². The lowest BCUT2D eigenvalue weighted by atomic mass is 10.1. The Balaban J connectivity index is 1.47. The predicted molar refractivity (Wildman–Crippen MR) is 95.1 cm³/mol. The zero-order valence-corrected chi connectivity index (χ0v) is 14.8. The lowest BCUT2D eigenvalue weighted by Crippen LogP contribution is -2.64. The summed E-state index contributed by atoms with van der Waals surface area (Å²) in [6.45, 7) is 9.04. The highest BCUT2D eigenvalue weighted by atomic mass is 32.1. The first-order valence-electron chi connectivity index (χ1n) is 8.26. The highest BCUT2D eigenvalue weighted by Crippen LogP contribution is 2.24. The minimum absolute atomic E-state index is 0.438. The monoisotopic (exact) mass is 337 g/mol. The van der Waals surface area contributed by atoms with Crippen LogP contribution in [0, 0.1) is 0 Å². The van der Waals surface area contributed by atoms with Crippen LogP contribution in [0.3, 0.4) is 0 Å². The number of thiophene rings is 1. The molecule has 0 aromatic carbocycles. The van der Waals surface area contributed by atoms with Gasteiger partial charge < -0.3 is 15.7 Å². The normalized spacial score (nSPS) is 30.0. The number of aliphatic imine (C=N–C) groups is 1. The van der Waals surface area contributed by atoms with Gasteiger partial charge in [-0.1, -0.05) is 6.07 Å². The molecule has 2 unspecified atom stereocenters. The Hall–Kier alpha value is -1.15. The molecule has 3 aliphatic rings. The molecule has 128 valence electrons. The van der Waals surface area contributed by atoms with Crippen LogP contribution >= 0.6 is 11.3 Å². The Labute approximate surface area is 142 Å². The fourth-order valence-corrected chi connectivity index (χ4v) is 4.07. The smallest absolute Gasteiger partial charge is 0.191 e. The highest BCUT2D eigenvalue weighted by Gasteiger charge is 2.31. The van der Waals surface area contributed by atoms with Gasteiger partial charge in [-0.25, -0.2) is 0 Å². The van der Waals surface area contributed by atoms with Gasteiger partial charge in [-0.05, 0) is 18.4 Å². The van der Waals surface area contributed by atoms with Crippen molar-refractivity contribution in [3.05, 3.63) is 22.4 Å². The summed E-state index contributed by atoms with van der Waals surface area (Å²) in [6.07, 6.45) is 0. The van der Waals surface area contributed by atoms with E-state index in [9.17, 15) is 5.11 Å². The van der Waals surface area contributed by atoms with E-state index in [1.165, 1.54) is 26.2 Å². The van der Waals surface area contributed by atoms with Crippen molar-refractivity contribution in [2.75, 3.05) is 52.9 Å². The van der Waals surface area contributed by atoms with E-state index in [2.05, 4.69) is 25.4 Å². The number of guanidine groups is 1. The molecule has 0 aliphatic carbocycles. The first kappa shape index (κ1) is 16.7. The molecule has 6 nitrogen and oxygen atoms in total. The quantitative estimate of drug-likeness (QED) is 0.526. The molecular formula is C16H27N5OS. The van der Waals surface area contributed by atoms with Crippen LogP contribution in [0.4, 0.5) is 0 Å². The summed E-state index contributed by atoms with van der Waals surface area (Å²) in [6, 6.07) is 4.47. The number of nitrogens with zero attached hydrogens (tertiary/aromatic N) is 3. The largest absolute Gasteiger partial charge is 0.383 e. The summed E-state index contributed by atoms with van der Waals surface area (Å²) in [4.78, 5) is 10.3. The third kappa shape index (κ3) is 4.03. The molecular weight excluding hydrogens is 310 g/mol. The maximum Gasteiger partial charge on any atom is 0.191 e. The van der Waals surface area contributed by atoms with Gasteiger partial charge in [-0.15, -0.1) is 11.3 Å².